The van der Waals surface area contributed by atoms with Crippen molar-refractivity contribution < 1.29 is 13.2 Å². The number of aliphatic imine (C=N–C) groups is 1. The minimum absolute atomic E-state index is 0.124. The zero-order valence-corrected chi connectivity index (χ0v) is 23.8. The predicted octanol–water partition coefficient (Wildman–Crippen LogP) is 7.58. The van der Waals surface area contributed by atoms with E-state index in [-0.39, 0.29) is 19.3 Å². The second-order valence-corrected chi connectivity index (χ2v) is 11.6. The second-order valence-electron chi connectivity index (χ2n) is 10.7. The Balaban J connectivity index is 1.65. The number of alkyl halides is 3. The average Bonchev–Trinajstić information content (AvgIpc) is 3.68. The number of aromatic nitrogens is 1. The molecule has 4 N–H and O–H groups in total. The summed E-state index contributed by atoms with van der Waals surface area (Å²) in [7, 11) is 0. The van der Waals surface area contributed by atoms with Crippen LogP contribution in [-0.2, 0) is 6.42 Å². The van der Waals surface area contributed by atoms with Gasteiger partial charge in [0.1, 0.15) is 0 Å². The van der Waals surface area contributed by atoms with Crippen LogP contribution in [0.2, 0.25) is 0 Å². The van der Waals surface area contributed by atoms with Crippen molar-refractivity contribution >= 4 is 29.7 Å². The molecule has 0 bridgehead atoms. The van der Waals surface area contributed by atoms with Crippen LogP contribution in [0, 0.1) is 11.3 Å². The summed E-state index contributed by atoms with van der Waals surface area (Å²) in [4.78, 5) is 10.3. The molecule has 9 heteroatoms. The zero-order chi connectivity index (χ0) is 28.5. The van der Waals surface area contributed by atoms with Gasteiger partial charge < -0.3 is 15.8 Å². The highest BCUT2D eigenvalue weighted by Gasteiger charge is 2.62. The smallest absolute Gasteiger partial charge is 0.394 e. The van der Waals surface area contributed by atoms with Crippen molar-refractivity contribution in [1.29, 1.82) is 0 Å². The number of pyridine rings is 1. The van der Waals surface area contributed by atoms with Crippen molar-refractivity contribution in [1.82, 2.24) is 15.0 Å². The molecule has 1 heterocycles. The van der Waals surface area contributed by atoms with Crippen molar-refractivity contribution in [2.24, 2.45) is 22.1 Å². The SMILES string of the molecule is C=C(NSc1ccccc1)c1ccc(N=CC=C(N)CCCC2(C(F)(F)F)CC2)nc1CC(C)CNC(C)C. The van der Waals surface area contributed by atoms with Crippen LogP contribution in [0.4, 0.5) is 19.0 Å². The van der Waals surface area contributed by atoms with Gasteiger partial charge in [0.05, 0.1) is 11.1 Å². The van der Waals surface area contributed by atoms with Crippen LogP contribution in [0.1, 0.15) is 64.1 Å². The first-order valence-corrected chi connectivity index (χ1v) is 14.3. The Hall–Kier alpha value is -2.78. The van der Waals surface area contributed by atoms with Crippen molar-refractivity contribution in [3.05, 3.63) is 72.1 Å². The fourth-order valence-electron chi connectivity index (χ4n) is 4.24. The third-order valence-corrected chi connectivity index (χ3v) is 7.66. The van der Waals surface area contributed by atoms with E-state index >= 15 is 0 Å². The van der Waals surface area contributed by atoms with Gasteiger partial charge in [0.15, 0.2) is 5.82 Å². The topological polar surface area (TPSA) is 75.3 Å². The molecule has 1 aromatic heterocycles. The van der Waals surface area contributed by atoms with Gasteiger partial charge in [0, 0.05) is 34.1 Å². The summed E-state index contributed by atoms with van der Waals surface area (Å²) in [5.41, 5.74) is 7.66. The number of hydrogen-bond acceptors (Lipinski definition) is 6. The Bertz CT molecular complexity index is 1140. The number of halogens is 3. The lowest BCUT2D eigenvalue weighted by atomic mass is 9.98. The number of nitrogens with one attached hydrogen (secondary N) is 2. The Morgan fingerprint density at radius 2 is 1.90 bits per heavy atom. The lowest BCUT2D eigenvalue weighted by Gasteiger charge is -2.18. The molecule has 3 rings (SSSR count). The summed E-state index contributed by atoms with van der Waals surface area (Å²) < 4.78 is 42.7. The molecule has 39 heavy (non-hydrogen) atoms. The molecule has 1 aromatic carbocycles. The molecule has 1 unspecified atom stereocenters. The van der Waals surface area contributed by atoms with Crippen molar-refractivity contribution in [3.8, 4) is 0 Å². The molecular formula is C30H40F3N5S. The van der Waals surface area contributed by atoms with Crippen LogP contribution in [0.15, 0.2) is 70.7 Å². The molecule has 1 saturated carbocycles. The molecule has 1 atom stereocenters. The molecule has 1 fully saturated rings. The molecule has 0 saturated heterocycles. The standard InChI is InChI=1S/C30H40F3N5S/c1-21(2)36-20-22(3)19-27-26(23(4)38-39-25-10-6-5-7-11-25)12-13-28(37-27)35-18-14-24(34)9-8-15-29(16-17-29)30(31,32)33/h5-7,10-14,18,21-22,36,38H,4,8-9,15-17,19-20,34H2,1-3H3. The monoisotopic (exact) mass is 559 g/mol. The van der Waals surface area contributed by atoms with E-state index < -0.39 is 11.6 Å². The van der Waals surface area contributed by atoms with E-state index in [4.69, 9.17) is 10.7 Å². The average molecular weight is 560 g/mol. The minimum Gasteiger partial charge on any atom is -0.402 e. The normalized spacial score (nSPS) is 16.0. The molecule has 212 valence electrons. The Morgan fingerprint density at radius 3 is 2.54 bits per heavy atom. The molecule has 2 aromatic rings. The summed E-state index contributed by atoms with van der Waals surface area (Å²) >= 11 is 1.50. The first kappa shape index (κ1) is 30.8. The number of allylic oxidation sites excluding steroid dienone is 2. The highest BCUT2D eigenvalue weighted by atomic mass is 32.2. The van der Waals surface area contributed by atoms with Gasteiger partial charge >= 0.3 is 6.18 Å². The summed E-state index contributed by atoms with van der Waals surface area (Å²) in [6, 6.07) is 14.2. The molecule has 5 nitrogen and oxygen atoms in total. The second kappa shape index (κ2) is 14.0. The fraction of sp³-hybridized carbons (Fsp3) is 0.467. The summed E-state index contributed by atoms with van der Waals surface area (Å²) in [6.45, 7) is 11.5. The molecular weight excluding hydrogens is 519 g/mol. The van der Waals surface area contributed by atoms with E-state index in [2.05, 4.69) is 42.4 Å². The number of rotatable bonds is 15. The number of benzene rings is 1. The van der Waals surface area contributed by atoms with E-state index in [1.165, 1.54) is 11.9 Å². The number of nitrogens with zero attached hydrogens (tertiary/aromatic N) is 2. The van der Waals surface area contributed by atoms with Gasteiger partial charge in [-0.1, -0.05) is 45.5 Å². The maximum Gasteiger partial charge on any atom is 0.394 e. The number of hydrogen-bond donors (Lipinski definition) is 3. The maximum atomic E-state index is 13.1. The number of nitrogens with two attached hydrogens (primary N) is 1. The van der Waals surface area contributed by atoms with Crippen molar-refractivity contribution in [2.45, 2.75) is 76.4 Å². The van der Waals surface area contributed by atoms with Crippen molar-refractivity contribution in [3.63, 3.8) is 0 Å². The van der Waals surface area contributed by atoms with Crippen LogP contribution in [0.25, 0.3) is 5.70 Å². The van der Waals surface area contributed by atoms with Gasteiger partial charge in [-0.2, -0.15) is 13.2 Å². The molecule has 1 aliphatic carbocycles. The van der Waals surface area contributed by atoms with Crippen molar-refractivity contribution in [2.75, 3.05) is 6.54 Å². The van der Waals surface area contributed by atoms with Gasteiger partial charge in [-0.05, 0) is 93.3 Å². The van der Waals surface area contributed by atoms with Gasteiger partial charge in [-0.25, -0.2) is 9.98 Å². The van der Waals surface area contributed by atoms with E-state index in [0.717, 1.165) is 34.8 Å². The molecule has 1 aliphatic rings. The molecule has 0 spiro atoms. The van der Waals surface area contributed by atoms with Crippen LogP contribution in [0.5, 0.6) is 0 Å². The van der Waals surface area contributed by atoms with Gasteiger partial charge in [0.25, 0.3) is 0 Å². The summed E-state index contributed by atoms with van der Waals surface area (Å²) in [5, 5.41) is 3.48. The van der Waals surface area contributed by atoms with E-state index in [9.17, 15) is 13.2 Å². The summed E-state index contributed by atoms with van der Waals surface area (Å²) in [5.74, 6) is 0.883. The predicted molar refractivity (Wildman–Crippen MR) is 157 cm³/mol. The lowest BCUT2D eigenvalue weighted by molar-refractivity contribution is -0.189. The van der Waals surface area contributed by atoms with E-state index in [1.807, 2.05) is 42.5 Å². The van der Waals surface area contributed by atoms with Crippen LogP contribution >= 0.6 is 11.9 Å². The third-order valence-electron chi connectivity index (χ3n) is 6.81. The first-order chi connectivity index (χ1) is 18.5. The Morgan fingerprint density at radius 1 is 1.18 bits per heavy atom. The molecule has 0 radical (unpaired) electrons. The van der Waals surface area contributed by atoms with E-state index in [0.29, 0.717) is 36.3 Å². The highest BCUT2D eigenvalue weighted by Crippen LogP contribution is 2.60. The first-order valence-electron chi connectivity index (χ1n) is 13.4. The maximum absolute atomic E-state index is 13.1. The van der Waals surface area contributed by atoms with Gasteiger partial charge in [0.2, 0.25) is 0 Å². The minimum atomic E-state index is -4.12. The highest BCUT2D eigenvalue weighted by molar-refractivity contribution is 7.97. The van der Waals surface area contributed by atoms with E-state index in [1.54, 1.807) is 12.3 Å². The van der Waals surface area contributed by atoms with Crippen LogP contribution in [-0.4, -0.2) is 30.0 Å². The molecule has 0 amide bonds. The third kappa shape index (κ3) is 9.72. The Labute approximate surface area is 234 Å². The van der Waals surface area contributed by atoms with Gasteiger partial charge in [-0.3, -0.25) is 0 Å². The summed E-state index contributed by atoms with van der Waals surface area (Å²) in [6.07, 6.45) is 1.24. The quantitative estimate of drug-likeness (QED) is 0.155. The zero-order valence-electron chi connectivity index (χ0n) is 23.0. The van der Waals surface area contributed by atoms with Crippen LogP contribution < -0.4 is 15.8 Å². The largest absolute Gasteiger partial charge is 0.402 e. The fourth-order valence-corrected chi connectivity index (χ4v) is 4.89. The van der Waals surface area contributed by atoms with Gasteiger partial charge in [-0.15, -0.1) is 0 Å². The van der Waals surface area contributed by atoms with Crippen LogP contribution in [0.3, 0.4) is 0 Å². The Kier molecular flexibility index (Phi) is 11.1. The molecule has 0 aliphatic heterocycles. The lowest BCUT2D eigenvalue weighted by Crippen LogP contribution is -2.29.